The molecule has 1 N–H and O–H groups in total. The van der Waals surface area contributed by atoms with Crippen molar-refractivity contribution in [1.29, 1.82) is 0 Å². The Kier molecular flexibility index (Phi) is 3.29. The molecule has 0 aliphatic carbocycles. The zero-order valence-electron chi connectivity index (χ0n) is 11.9. The topological polar surface area (TPSA) is 79.6 Å². The number of benzene rings is 1. The number of hydrogen-bond acceptors (Lipinski definition) is 4. The van der Waals surface area contributed by atoms with Gasteiger partial charge in [-0.2, -0.15) is 0 Å². The van der Waals surface area contributed by atoms with Gasteiger partial charge in [0.1, 0.15) is 5.76 Å². The van der Waals surface area contributed by atoms with Crippen LogP contribution in [0.25, 0.3) is 0 Å². The van der Waals surface area contributed by atoms with Crippen molar-refractivity contribution in [1.82, 2.24) is 10.2 Å². The molecule has 1 fully saturated rings. The molecule has 3 rings (SSSR count). The van der Waals surface area contributed by atoms with Gasteiger partial charge in [-0.1, -0.05) is 30.3 Å². The van der Waals surface area contributed by atoms with Crippen molar-refractivity contribution >= 4 is 17.7 Å². The van der Waals surface area contributed by atoms with E-state index in [0.717, 1.165) is 4.90 Å². The molecular formula is C16H14N2O4. The Morgan fingerprint density at radius 3 is 2.55 bits per heavy atom. The van der Waals surface area contributed by atoms with Crippen LogP contribution in [-0.2, 0) is 10.3 Å². The fraction of sp³-hybridized carbons (Fsp3) is 0.188. The molecule has 3 amide bonds. The minimum atomic E-state index is -1.28. The standard InChI is InChI=1S/C16H14N2O4/c1-16(13-8-5-9-22-13)14(20)18(15(21)17-16)10-12(19)11-6-3-2-4-7-11/h2-9H,10H2,1H3,(H,17,21)/t16-/m1/s1. The van der Waals surface area contributed by atoms with Crippen molar-refractivity contribution in [2.75, 3.05) is 6.54 Å². The van der Waals surface area contributed by atoms with Crippen molar-refractivity contribution < 1.29 is 18.8 Å². The number of carbonyl (C=O) groups excluding carboxylic acids is 3. The summed E-state index contributed by atoms with van der Waals surface area (Å²) in [5.74, 6) is -0.468. The number of rotatable bonds is 4. The van der Waals surface area contributed by atoms with Crippen LogP contribution in [0.5, 0.6) is 0 Å². The predicted molar refractivity (Wildman–Crippen MR) is 77.1 cm³/mol. The highest BCUT2D eigenvalue weighted by atomic mass is 16.3. The van der Waals surface area contributed by atoms with E-state index in [1.54, 1.807) is 49.4 Å². The summed E-state index contributed by atoms with van der Waals surface area (Å²) in [6, 6.07) is 11.2. The van der Waals surface area contributed by atoms with E-state index in [1.165, 1.54) is 6.26 Å². The summed E-state index contributed by atoms with van der Waals surface area (Å²) in [4.78, 5) is 37.7. The molecule has 1 aliphatic rings. The molecular weight excluding hydrogens is 284 g/mol. The molecule has 0 bridgehead atoms. The number of nitrogens with zero attached hydrogens (tertiary/aromatic N) is 1. The first-order valence-corrected chi connectivity index (χ1v) is 6.79. The highest BCUT2D eigenvalue weighted by molar-refractivity contribution is 6.11. The maximum atomic E-state index is 12.5. The Labute approximate surface area is 126 Å². The second kappa shape index (κ2) is 5.14. The van der Waals surface area contributed by atoms with Crippen LogP contribution in [0, 0.1) is 0 Å². The third-order valence-electron chi connectivity index (χ3n) is 3.69. The average molecular weight is 298 g/mol. The lowest BCUT2D eigenvalue weighted by atomic mass is 9.99. The quantitative estimate of drug-likeness (QED) is 0.691. The van der Waals surface area contributed by atoms with Gasteiger partial charge in [0.2, 0.25) is 0 Å². The van der Waals surface area contributed by atoms with Gasteiger partial charge in [0.25, 0.3) is 5.91 Å². The summed E-state index contributed by atoms with van der Waals surface area (Å²) in [6.45, 7) is 1.25. The molecule has 0 unspecified atom stereocenters. The zero-order valence-corrected chi connectivity index (χ0v) is 11.9. The second-order valence-corrected chi connectivity index (χ2v) is 5.21. The van der Waals surface area contributed by atoms with E-state index in [9.17, 15) is 14.4 Å². The van der Waals surface area contributed by atoms with Crippen LogP contribution in [0.3, 0.4) is 0 Å². The van der Waals surface area contributed by atoms with Crippen molar-refractivity contribution in [3.63, 3.8) is 0 Å². The fourth-order valence-corrected chi connectivity index (χ4v) is 2.43. The Hall–Kier alpha value is -2.89. The molecule has 112 valence electrons. The van der Waals surface area contributed by atoms with E-state index < -0.39 is 17.5 Å². The van der Waals surface area contributed by atoms with Crippen molar-refractivity contribution in [2.45, 2.75) is 12.5 Å². The largest absolute Gasteiger partial charge is 0.466 e. The van der Waals surface area contributed by atoms with Gasteiger partial charge in [0, 0.05) is 5.56 Å². The smallest absolute Gasteiger partial charge is 0.325 e. The molecule has 0 spiro atoms. The lowest BCUT2D eigenvalue weighted by molar-refractivity contribution is -0.131. The number of urea groups is 1. The normalized spacial score (nSPS) is 21.0. The number of ketones is 1. The molecule has 1 atom stereocenters. The number of carbonyl (C=O) groups is 3. The Morgan fingerprint density at radius 2 is 1.91 bits per heavy atom. The molecule has 1 aromatic heterocycles. The Bertz CT molecular complexity index is 724. The molecule has 2 heterocycles. The Morgan fingerprint density at radius 1 is 1.18 bits per heavy atom. The third-order valence-corrected chi connectivity index (χ3v) is 3.69. The SMILES string of the molecule is C[C@]1(c2ccco2)NC(=O)N(CC(=O)c2ccccc2)C1=O. The number of hydrogen-bond donors (Lipinski definition) is 1. The van der Waals surface area contributed by atoms with Gasteiger partial charge in [-0.05, 0) is 19.1 Å². The van der Waals surface area contributed by atoms with E-state index in [0.29, 0.717) is 11.3 Å². The first-order valence-electron chi connectivity index (χ1n) is 6.79. The summed E-state index contributed by atoms with van der Waals surface area (Å²) < 4.78 is 5.23. The van der Waals surface area contributed by atoms with Crippen LogP contribution in [0.2, 0.25) is 0 Å². The van der Waals surface area contributed by atoms with E-state index in [4.69, 9.17) is 4.42 Å². The third kappa shape index (κ3) is 2.18. The zero-order chi connectivity index (χ0) is 15.7. The fourth-order valence-electron chi connectivity index (χ4n) is 2.43. The molecule has 22 heavy (non-hydrogen) atoms. The summed E-state index contributed by atoms with van der Waals surface area (Å²) in [7, 11) is 0. The molecule has 1 aliphatic heterocycles. The van der Waals surface area contributed by atoms with E-state index in [2.05, 4.69) is 5.32 Å². The Balaban J connectivity index is 1.82. The predicted octanol–water partition coefficient (Wildman–Crippen LogP) is 1.93. The molecule has 0 saturated carbocycles. The van der Waals surface area contributed by atoms with E-state index >= 15 is 0 Å². The first kappa shape index (κ1) is 14.1. The van der Waals surface area contributed by atoms with Crippen molar-refractivity contribution in [2.24, 2.45) is 0 Å². The number of amides is 3. The number of nitrogens with one attached hydrogen (secondary N) is 1. The first-order chi connectivity index (χ1) is 10.5. The van der Waals surface area contributed by atoms with Gasteiger partial charge in [0.15, 0.2) is 11.3 Å². The van der Waals surface area contributed by atoms with Gasteiger partial charge in [0.05, 0.1) is 12.8 Å². The lowest BCUT2D eigenvalue weighted by Gasteiger charge is -2.18. The molecule has 1 aromatic carbocycles. The summed E-state index contributed by atoms with van der Waals surface area (Å²) in [6.07, 6.45) is 1.43. The lowest BCUT2D eigenvalue weighted by Crippen LogP contribution is -2.41. The molecule has 0 radical (unpaired) electrons. The average Bonchev–Trinajstić information content (AvgIpc) is 3.13. The number of imide groups is 1. The van der Waals surface area contributed by atoms with Gasteiger partial charge in [-0.3, -0.25) is 14.5 Å². The van der Waals surface area contributed by atoms with Crippen LogP contribution in [0.15, 0.2) is 53.1 Å². The van der Waals surface area contributed by atoms with Crippen LogP contribution >= 0.6 is 0 Å². The van der Waals surface area contributed by atoms with E-state index in [1.807, 2.05) is 0 Å². The van der Waals surface area contributed by atoms with Crippen LogP contribution in [-0.4, -0.2) is 29.2 Å². The monoisotopic (exact) mass is 298 g/mol. The molecule has 2 aromatic rings. The number of furan rings is 1. The van der Waals surface area contributed by atoms with Crippen LogP contribution in [0.1, 0.15) is 23.0 Å². The van der Waals surface area contributed by atoms with Gasteiger partial charge in [-0.15, -0.1) is 0 Å². The summed E-state index contributed by atoms with van der Waals surface area (Å²) in [5, 5.41) is 2.58. The van der Waals surface area contributed by atoms with E-state index in [-0.39, 0.29) is 12.3 Å². The molecule has 1 saturated heterocycles. The van der Waals surface area contributed by atoms with Gasteiger partial charge < -0.3 is 9.73 Å². The highest BCUT2D eigenvalue weighted by Crippen LogP contribution is 2.29. The van der Waals surface area contributed by atoms with Gasteiger partial charge in [-0.25, -0.2) is 4.79 Å². The van der Waals surface area contributed by atoms with Crippen molar-refractivity contribution in [3.05, 3.63) is 60.1 Å². The van der Waals surface area contributed by atoms with Crippen molar-refractivity contribution in [3.8, 4) is 0 Å². The minimum absolute atomic E-state index is 0.298. The summed E-state index contributed by atoms with van der Waals surface area (Å²) >= 11 is 0. The highest BCUT2D eigenvalue weighted by Gasteiger charge is 2.51. The van der Waals surface area contributed by atoms with Gasteiger partial charge >= 0.3 is 6.03 Å². The maximum absolute atomic E-state index is 12.5. The van der Waals surface area contributed by atoms with Crippen LogP contribution < -0.4 is 5.32 Å². The molecule has 6 heteroatoms. The summed E-state index contributed by atoms with van der Waals surface area (Å²) in [5.41, 5.74) is -0.827. The number of Topliss-reactive ketones (excluding diaryl/α,β-unsaturated/α-hetero) is 1. The minimum Gasteiger partial charge on any atom is -0.466 e. The molecule has 6 nitrogen and oxygen atoms in total. The second-order valence-electron chi connectivity index (χ2n) is 5.21. The van der Waals surface area contributed by atoms with Crippen LogP contribution in [0.4, 0.5) is 4.79 Å². The maximum Gasteiger partial charge on any atom is 0.325 e.